The molecule has 1 aromatic rings. The second-order valence-electron chi connectivity index (χ2n) is 4.96. The van der Waals surface area contributed by atoms with Crippen molar-refractivity contribution in [1.29, 1.82) is 0 Å². The molecule has 0 aliphatic rings. The normalized spacial score (nSPS) is 13.1. The number of hydrogen-bond acceptors (Lipinski definition) is 4. The molecule has 1 amide bonds. The molecule has 1 aromatic heterocycles. The number of aryl methyl sites for hydroxylation is 1. The molecule has 1 unspecified atom stereocenters. The second kappa shape index (κ2) is 5.48. The van der Waals surface area contributed by atoms with Gasteiger partial charge in [0, 0.05) is 17.5 Å². The van der Waals surface area contributed by atoms with Crippen molar-refractivity contribution < 1.29 is 14.7 Å². The van der Waals surface area contributed by atoms with Crippen molar-refractivity contribution in [2.75, 3.05) is 0 Å². The van der Waals surface area contributed by atoms with E-state index in [2.05, 4.69) is 10.3 Å². The van der Waals surface area contributed by atoms with Crippen LogP contribution in [0.2, 0.25) is 0 Å². The lowest BCUT2D eigenvalue weighted by Gasteiger charge is -2.19. The van der Waals surface area contributed by atoms with Crippen LogP contribution in [0.1, 0.15) is 43.1 Å². The summed E-state index contributed by atoms with van der Waals surface area (Å²) in [7, 11) is 0. The van der Waals surface area contributed by atoms with Crippen LogP contribution in [0.25, 0.3) is 0 Å². The first-order valence-corrected chi connectivity index (χ1v) is 6.49. The van der Waals surface area contributed by atoms with Gasteiger partial charge < -0.3 is 10.4 Å². The molecule has 0 spiro atoms. The molecule has 0 aromatic carbocycles. The lowest BCUT2D eigenvalue weighted by molar-refractivity contribution is -0.149. The van der Waals surface area contributed by atoms with Crippen molar-refractivity contribution in [3.05, 3.63) is 16.1 Å². The van der Waals surface area contributed by atoms with E-state index in [4.69, 9.17) is 5.11 Å². The lowest BCUT2D eigenvalue weighted by atomic mass is 9.89. The monoisotopic (exact) mass is 270 g/mol. The lowest BCUT2D eigenvalue weighted by Crippen LogP contribution is -2.34. The average molecular weight is 270 g/mol. The fourth-order valence-corrected chi connectivity index (χ4v) is 2.18. The van der Waals surface area contributed by atoms with Gasteiger partial charge in [0.25, 0.3) is 0 Å². The van der Waals surface area contributed by atoms with E-state index in [0.717, 1.165) is 9.88 Å². The summed E-state index contributed by atoms with van der Waals surface area (Å²) >= 11 is 1.52. The van der Waals surface area contributed by atoms with E-state index in [1.54, 1.807) is 6.20 Å². The molecule has 6 heteroatoms. The first kappa shape index (κ1) is 14.6. The average Bonchev–Trinajstić information content (AvgIpc) is 2.63. The van der Waals surface area contributed by atoms with Gasteiger partial charge in [0.05, 0.1) is 11.5 Å². The van der Waals surface area contributed by atoms with Crippen molar-refractivity contribution in [2.24, 2.45) is 5.41 Å². The van der Waals surface area contributed by atoms with Crippen LogP contribution < -0.4 is 5.32 Å². The number of rotatable bonds is 5. The van der Waals surface area contributed by atoms with Gasteiger partial charge in [0.15, 0.2) is 0 Å². The van der Waals surface area contributed by atoms with Crippen molar-refractivity contribution in [2.45, 2.75) is 40.2 Å². The summed E-state index contributed by atoms with van der Waals surface area (Å²) in [5, 5.41) is 12.5. The summed E-state index contributed by atoms with van der Waals surface area (Å²) in [6.07, 6.45) is 1.71. The highest BCUT2D eigenvalue weighted by molar-refractivity contribution is 7.11. The number of hydrogen-bond donors (Lipinski definition) is 2. The Balaban J connectivity index is 2.58. The van der Waals surface area contributed by atoms with Crippen LogP contribution in [0.4, 0.5) is 0 Å². The van der Waals surface area contributed by atoms with E-state index in [9.17, 15) is 9.59 Å². The predicted molar refractivity (Wildman–Crippen MR) is 69.4 cm³/mol. The van der Waals surface area contributed by atoms with E-state index in [1.165, 1.54) is 25.2 Å². The third-order valence-electron chi connectivity index (χ3n) is 2.57. The van der Waals surface area contributed by atoms with Gasteiger partial charge in [-0.15, -0.1) is 11.3 Å². The number of aliphatic carboxylic acids is 1. The Morgan fingerprint density at radius 2 is 2.17 bits per heavy atom. The van der Waals surface area contributed by atoms with Gasteiger partial charge >= 0.3 is 5.97 Å². The molecule has 5 nitrogen and oxygen atoms in total. The maximum absolute atomic E-state index is 11.8. The third-order valence-corrected chi connectivity index (χ3v) is 3.66. The Hall–Kier alpha value is -1.43. The van der Waals surface area contributed by atoms with Gasteiger partial charge in [0.2, 0.25) is 5.91 Å². The van der Waals surface area contributed by atoms with E-state index < -0.39 is 11.4 Å². The Morgan fingerprint density at radius 1 is 1.56 bits per heavy atom. The Kier molecular flexibility index (Phi) is 4.45. The van der Waals surface area contributed by atoms with Crippen LogP contribution in [0.3, 0.4) is 0 Å². The smallest absolute Gasteiger partial charge is 0.309 e. The minimum atomic E-state index is -1.05. The number of amides is 1. The largest absolute Gasteiger partial charge is 0.481 e. The highest BCUT2D eigenvalue weighted by Gasteiger charge is 2.30. The molecular weight excluding hydrogens is 252 g/mol. The molecule has 0 saturated carbocycles. The summed E-state index contributed by atoms with van der Waals surface area (Å²) in [4.78, 5) is 27.9. The van der Waals surface area contributed by atoms with Crippen molar-refractivity contribution in [3.63, 3.8) is 0 Å². The van der Waals surface area contributed by atoms with E-state index in [0.29, 0.717) is 0 Å². The Labute approximate surface area is 110 Å². The van der Waals surface area contributed by atoms with Crippen molar-refractivity contribution >= 4 is 23.2 Å². The van der Waals surface area contributed by atoms with Gasteiger partial charge in [-0.05, 0) is 27.7 Å². The van der Waals surface area contributed by atoms with E-state index in [1.807, 2.05) is 13.8 Å². The molecule has 2 N–H and O–H groups in total. The second-order valence-corrected chi connectivity index (χ2v) is 6.23. The first-order valence-electron chi connectivity index (χ1n) is 5.67. The Bertz CT molecular complexity index is 454. The van der Waals surface area contributed by atoms with Crippen molar-refractivity contribution in [3.8, 4) is 0 Å². The molecule has 0 saturated heterocycles. The van der Waals surface area contributed by atoms with Crippen molar-refractivity contribution in [1.82, 2.24) is 10.3 Å². The standard InChI is InChI=1S/C12H18N2O3S/c1-7-6-13-10(18-7)8(2)14-9(15)5-12(3,4)11(16)17/h6,8H,5H2,1-4H3,(H,14,15)(H,16,17). The summed E-state index contributed by atoms with van der Waals surface area (Å²) < 4.78 is 0. The molecule has 0 radical (unpaired) electrons. The zero-order valence-electron chi connectivity index (χ0n) is 11.0. The number of thiazole rings is 1. The molecule has 1 atom stereocenters. The molecule has 0 bridgehead atoms. The maximum atomic E-state index is 11.8. The molecular formula is C12H18N2O3S. The number of nitrogens with zero attached hydrogens (tertiary/aromatic N) is 1. The number of carbonyl (C=O) groups excluding carboxylic acids is 1. The van der Waals surface area contributed by atoms with Crippen LogP contribution in [0.5, 0.6) is 0 Å². The van der Waals surface area contributed by atoms with Gasteiger partial charge in [-0.1, -0.05) is 0 Å². The summed E-state index contributed by atoms with van der Waals surface area (Å²) in [5.74, 6) is -1.25. The number of carboxylic acid groups (broad SMARTS) is 1. The predicted octanol–water partition coefficient (Wildman–Crippen LogP) is 2.13. The quantitative estimate of drug-likeness (QED) is 0.859. The van der Waals surface area contributed by atoms with Crippen LogP contribution in [-0.2, 0) is 9.59 Å². The van der Waals surface area contributed by atoms with Gasteiger partial charge in [0.1, 0.15) is 5.01 Å². The van der Waals surface area contributed by atoms with Gasteiger partial charge in [-0.25, -0.2) is 4.98 Å². The highest BCUT2D eigenvalue weighted by Crippen LogP contribution is 2.22. The zero-order valence-corrected chi connectivity index (χ0v) is 11.8. The molecule has 18 heavy (non-hydrogen) atoms. The minimum Gasteiger partial charge on any atom is -0.481 e. The first-order chi connectivity index (χ1) is 8.22. The summed E-state index contributed by atoms with van der Waals surface area (Å²) in [6.45, 7) is 6.85. The summed E-state index contributed by atoms with van der Waals surface area (Å²) in [6, 6.07) is -0.194. The Morgan fingerprint density at radius 3 is 2.61 bits per heavy atom. The molecule has 1 heterocycles. The molecule has 100 valence electrons. The zero-order chi connectivity index (χ0) is 13.9. The third kappa shape index (κ3) is 3.80. The molecule has 0 aliphatic carbocycles. The van der Waals surface area contributed by atoms with Crippen LogP contribution in [-0.4, -0.2) is 22.0 Å². The number of carboxylic acids is 1. The highest BCUT2D eigenvalue weighted by atomic mass is 32.1. The summed E-state index contributed by atoms with van der Waals surface area (Å²) in [5.41, 5.74) is -1.05. The minimum absolute atomic E-state index is 0.0446. The van der Waals surface area contributed by atoms with E-state index in [-0.39, 0.29) is 18.4 Å². The SMILES string of the molecule is Cc1cnc(C(C)NC(=O)CC(C)(C)C(=O)O)s1. The number of nitrogens with one attached hydrogen (secondary N) is 1. The van der Waals surface area contributed by atoms with Gasteiger partial charge in [-0.3, -0.25) is 9.59 Å². The molecule has 0 aliphatic heterocycles. The van der Waals surface area contributed by atoms with E-state index >= 15 is 0 Å². The molecule has 1 rings (SSSR count). The topological polar surface area (TPSA) is 79.3 Å². The number of aromatic nitrogens is 1. The van der Waals surface area contributed by atoms with Crippen LogP contribution in [0.15, 0.2) is 6.20 Å². The number of carbonyl (C=O) groups is 2. The van der Waals surface area contributed by atoms with Crippen LogP contribution in [0, 0.1) is 12.3 Å². The van der Waals surface area contributed by atoms with Crippen LogP contribution >= 0.6 is 11.3 Å². The maximum Gasteiger partial charge on any atom is 0.309 e. The fraction of sp³-hybridized carbons (Fsp3) is 0.583. The molecule has 0 fully saturated rings. The fourth-order valence-electron chi connectivity index (χ4n) is 1.40. The van der Waals surface area contributed by atoms with Gasteiger partial charge in [-0.2, -0.15) is 0 Å².